The molecule has 0 bridgehead atoms. The average Bonchev–Trinajstić information content (AvgIpc) is 2.49. The van der Waals surface area contributed by atoms with Gasteiger partial charge in [0, 0.05) is 5.71 Å². The summed E-state index contributed by atoms with van der Waals surface area (Å²) in [7, 11) is 0. The van der Waals surface area contributed by atoms with Gasteiger partial charge in [-0.15, -0.1) is 0 Å². The van der Waals surface area contributed by atoms with E-state index in [1.54, 1.807) is 6.08 Å². The molecule has 1 aliphatic heterocycles. The Morgan fingerprint density at radius 1 is 1.45 bits per heavy atom. The van der Waals surface area contributed by atoms with Crippen LogP contribution in [0.2, 0.25) is 0 Å². The highest BCUT2D eigenvalue weighted by atomic mass is 16.5. The lowest BCUT2D eigenvalue weighted by Crippen LogP contribution is -2.05. The van der Waals surface area contributed by atoms with Crippen molar-refractivity contribution in [3.05, 3.63) is 47.6 Å². The van der Waals surface area contributed by atoms with E-state index in [0.29, 0.717) is 6.61 Å². The highest BCUT2D eigenvalue weighted by Crippen LogP contribution is 2.33. The van der Waals surface area contributed by atoms with Crippen LogP contribution in [0.25, 0.3) is 5.57 Å². The van der Waals surface area contributed by atoms with Crippen molar-refractivity contribution in [2.24, 2.45) is 4.99 Å². The molecule has 1 aliphatic rings. The molecule has 2 nitrogen and oxygen atoms in total. The van der Waals surface area contributed by atoms with Crippen molar-refractivity contribution in [3.8, 4) is 0 Å². The smallest absolute Gasteiger partial charge is 0.0699 e. The number of allylic oxidation sites excluding steroid dienone is 1. The van der Waals surface area contributed by atoms with Crippen molar-refractivity contribution in [2.45, 2.75) is 33.6 Å². The first-order valence-corrected chi connectivity index (χ1v) is 7.24. The normalized spacial score (nSPS) is 15.9. The number of hydrogen-bond donors (Lipinski definition) is 0. The predicted octanol–water partition coefficient (Wildman–Crippen LogP) is 4.64. The van der Waals surface area contributed by atoms with Crippen LogP contribution in [0.5, 0.6) is 0 Å². The van der Waals surface area contributed by atoms with Crippen molar-refractivity contribution in [1.29, 1.82) is 0 Å². The molecule has 0 saturated carbocycles. The first kappa shape index (κ1) is 14.7. The summed E-state index contributed by atoms with van der Waals surface area (Å²) in [5.74, 6) is 0. The van der Waals surface area contributed by atoms with E-state index < -0.39 is 0 Å². The van der Waals surface area contributed by atoms with Gasteiger partial charge in [0.05, 0.1) is 18.9 Å². The molecule has 0 spiro atoms. The summed E-state index contributed by atoms with van der Waals surface area (Å²) in [6, 6.07) is 4.43. The first-order chi connectivity index (χ1) is 9.67. The molecule has 0 aliphatic carbocycles. The van der Waals surface area contributed by atoms with Crippen LogP contribution < -0.4 is 0 Å². The lowest BCUT2D eigenvalue weighted by atomic mass is 9.93. The lowest BCUT2D eigenvalue weighted by molar-refractivity contribution is 0.161. The summed E-state index contributed by atoms with van der Waals surface area (Å²) in [5.41, 5.74) is 7.31. The van der Waals surface area contributed by atoms with E-state index in [4.69, 9.17) is 9.73 Å². The molecule has 1 heterocycles. The Morgan fingerprint density at radius 3 is 2.85 bits per heavy atom. The average molecular weight is 269 g/mol. The van der Waals surface area contributed by atoms with Crippen LogP contribution in [0.1, 0.15) is 37.0 Å². The predicted molar refractivity (Wildman–Crippen MR) is 86.9 cm³/mol. The zero-order valence-corrected chi connectivity index (χ0v) is 12.7. The number of nitrogens with zero attached hydrogens (tertiary/aromatic N) is 1. The maximum absolute atomic E-state index is 5.40. The van der Waals surface area contributed by atoms with Gasteiger partial charge in [0.2, 0.25) is 0 Å². The second-order valence-electron chi connectivity index (χ2n) is 5.11. The molecule has 106 valence electrons. The third-order valence-electron chi connectivity index (χ3n) is 3.79. The van der Waals surface area contributed by atoms with Crippen LogP contribution in [-0.2, 0) is 11.2 Å². The number of benzene rings is 1. The largest absolute Gasteiger partial charge is 0.377 e. The van der Waals surface area contributed by atoms with Crippen LogP contribution >= 0.6 is 0 Å². The molecule has 1 aromatic rings. The van der Waals surface area contributed by atoms with Gasteiger partial charge >= 0.3 is 0 Å². The second-order valence-corrected chi connectivity index (χ2v) is 5.11. The molecule has 1 aromatic carbocycles. The molecule has 0 aromatic heterocycles. The van der Waals surface area contributed by atoms with Crippen LogP contribution in [0.3, 0.4) is 0 Å². The van der Waals surface area contributed by atoms with Crippen LogP contribution in [0.4, 0.5) is 5.69 Å². The fourth-order valence-electron chi connectivity index (χ4n) is 2.54. The van der Waals surface area contributed by atoms with Gasteiger partial charge < -0.3 is 4.74 Å². The van der Waals surface area contributed by atoms with Gasteiger partial charge in [-0.25, -0.2) is 0 Å². The number of aryl methyl sites for hydroxylation is 1. The number of hydrogen-bond acceptors (Lipinski definition) is 2. The first-order valence-electron chi connectivity index (χ1n) is 7.24. The van der Waals surface area contributed by atoms with Gasteiger partial charge in [0.25, 0.3) is 0 Å². The van der Waals surface area contributed by atoms with Crippen molar-refractivity contribution >= 4 is 17.0 Å². The van der Waals surface area contributed by atoms with E-state index in [1.165, 1.54) is 22.3 Å². The molecule has 0 unspecified atom stereocenters. The molecule has 2 rings (SSSR count). The summed E-state index contributed by atoms with van der Waals surface area (Å²) in [6.07, 6.45) is 5.97. The van der Waals surface area contributed by atoms with Gasteiger partial charge in [-0.05, 0) is 55.0 Å². The van der Waals surface area contributed by atoms with Crippen LogP contribution in [0, 0.1) is 6.92 Å². The van der Waals surface area contributed by atoms with Gasteiger partial charge in [0.15, 0.2) is 0 Å². The molecular formula is C18H23NO. The number of aliphatic imine (C=N–C) groups is 1. The minimum Gasteiger partial charge on any atom is -0.377 e. The third-order valence-corrected chi connectivity index (χ3v) is 3.79. The highest BCUT2D eigenvalue weighted by Gasteiger charge is 2.13. The Morgan fingerprint density at radius 2 is 2.25 bits per heavy atom. The third kappa shape index (κ3) is 3.07. The summed E-state index contributed by atoms with van der Waals surface area (Å²) in [4.78, 5) is 4.74. The summed E-state index contributed by atoms with van der Waals surface area (Å²) >= 11 is 0. The molecule has 0 saturated heterocycles. The minimum atomic E-state index is 0.717. The van der Waals surface area contributed by atoms with Crippen molar-refractivity contribution in [2.75, 3.05) is 13.2 Å². The van der Waals surface area contributed by atoms with E-state index in [-0.39, 0.29) is 0 Å². The molecule has 0 radical (unpaired) electrons. The van der Waals surface area contributed by atoms with Crippen molar-refractivity contribution in [3.63, 3.8) is 0 Å². The molecule has 0 fully saturated rings. The van der Waals surface area contributed by atoms with Gasteiger partial charge in [-0.2, -0.15) is 0 Å². The molecule has 0 amide bonds. The fraction of sp³-hybridized carbons (Fsp3) is 0.389. The fourth-order valence-corrected chi connectivity index (χ4v) is 2.54. The Hall–Kier alpha value is -1.67. The van der Waals surface area contributed by atoms with E-state index >= 15 is 0 Å². The van der Waals surface area contributed by atoms with E-state index in [1.807, 2.05) is 6.92 Å². The van der Waals surface area contributed by atoms with Crippen molar-refractivity contribution in [1.82, 2.24) is 0 Å². The Balaban J connectivity index is 2.53. The Kier molecular flexibility index (Phi) is 4.91. The van der Waals surface area contributed by atoms with Gasteiger partial charge in [-0.1, -0.05) is 31.7 Å². The molecular weight excluding hydrogens is 246 g/mol. The molecule has 2 heteroatoms. The second kappa shape index (κ2) is 6.67. The summed E-state index contributed by atoms with van der Waals surface area (Å²) in [5, 5.41) is 0. The van der Waals surface area contributed by atoms with Crippen LogP contribution in [-0.4, -0.2) is 18.9 Å². The molecule has 0 atom stereocenters. The van der Waals surface area contributed by atoms with Crippen molar-refractivity contribution < 1.29 is 4.74 Å². The maximum atomic E-state index is 5.40. The van der Waals surface area contributed by atoms with Gasteiger partial charge in [0.1, 0.15) is 0 Å². The molecule has 0 N–H and O–H groups in total. The Labute approximate surface area is 121 Å². The lowest BCUT2D eigenvalue weighted by Gasteiger charge is -2.18. The number of rotatable bonds is 4. The topological polar surface area (TPSA) is 21.6 Å². The standard InChI is InChI=1S/C18H23NO/c1-5-13(3)19-18-14(4)17(8-7-15(18)6-2)16-9-11-20-12-10-16/h5,7-9H,1,6,10-12H2,2-4H3. The summed E-state index contributed by atoms with van der Waals surface area (Å²) in [6.45, 7) is 11.7. The van der Waals surface area contributed by atoms with Gasteiger partial charge in [-0.3, -0.25) is 4.99 Å². The monoisotopic (exact) mass is 269 g/mol. The maximum Gasteiger partial charge on any atom is 0.0699 e. The Bertz CT molecular complexity index is 567. The van der Waals surface area contributed by atoms with E-state index in [0.717, 1.165) is 30.8 Å². The molecule has 20 heavy (non-hydrogen) atoms. The summed E-state index contributed by atoms with van der Waals surface area (Å²) < 4.78 is 5.40. The van der Waals surface area contributed by atoms with Crippen LogP contribution in [0.15, 0.2) is 35.9 Å². The zero-order chi connectivity index (χ0) is 14.5. The van der Waals surface area contributed by atoms with E-state index in [2.05, 4.69) is 38.6 Å². The minimum absolute atomic E-state index is 0.717. The SMILES string of the molecule is C=CC(C)=Nc1c(CC)ccc(C2=CCOCC2)c1C. The number of ether oxygens (including phenoxy) is 1. The zero-order valence-electron chi connectivity index (χ0n) is 12.7. The highest BCUT2D eigenvalue weighted by molar-refractivity contribution is 5.95. The van der Waals surface area contributed by atoms with E-state index in [9.17, 15) is 0 Å². The quantitative estimate of drug-likeness (QED) is 0.730.